The summed E-state index contributed by atoms with van der Waals surface area (Å²) in [6.07, 6.45) is 5.07. The maximum Gasteiger partial charge on any atom is 0.0224 e. The largest absolute Gasteiger partial charge is 0.308 e. The van der Waals surface area contributed by atoms with Gasteiger partial charge >= 0.3 is 0 Å². The predicted octanol–water partition coefficient (Wildman–Crippen LogP) is 3.82. The predicted molar refractivity (Wildman–Crippen MR) is 89.0 cm³/mol. The Morgan fingerprint density at radius 2 is 1.23 bits per heavy atom. The second kappa shape index (κ2) is 3.53. The van der Waals surface area contributed by atoms with E-state index >= 15 is 0 Å². The van der Waals surface area contributed by atoms with Crippen LogP contribution in [0, 0.1) is 71.0 Å². The number of hydrogen-bond acceptors (Lipinski definition) is 1. The summed E-state index contributed by atoms with van der Waals surface area (Å²) in [5.74, 6) is 11.7. The molecule has 3 unspecified atom stereocenters. The van der Waals surface area contributed by atoms with Crippen molar-refractivity contribution in [1.29, 1.82) is 0 Å². The molecule has 1 N–H and O–H groups in total. The second-order valence-corrected chi connectivity index (χ2v) is 10.3. The molecule has 0 spiro atoms. The summed E-state index contributed by atoms with van der Waals surface area (Å²) in [7, 11) is 0. The lowest BCUT2D eigenvalue weighted by atomic mass is 9.29. The van der Waals surface area contributed by atoms with Gasteiger partial charge in [0.25, 0.3) is 0 Å². The lowest BCUT2D eigenvalue weighted by Gasteiger charge is -2.75. The van der Waals surface area contributed by atoms with Gasteiger partial charge in [0.15, 0.2) is 0 Å². The average Bonchev–Trinajstić information content (AvgIpc) is 2.76. The SMILES string of the molecule is CC1C=CC(C)[C@H]2[C@@H]1[C@H]1[C@@H]2[C@H]2NC1(C)[C@@H]1[C@H]3[C@H](C)[C@H](C)[C@H]3[C@H]21. The summed E-state index contributed by atoms with van der Waals surface area (Å²) in [5, 5.41) is 4.24. The van der Waals surface area contributed by atoms with Crippen LogP contribution in [0.2, 0.25) is 0 Å². The fourth-order valence-electron chi connectivity index (χ4n) is 9.36. The van der Waals surface area contributed by atoms with Crippen molar-refractivity contribution in [3.8, 4) is 0 Å². The number of fused-ring (bicyclic) bond motifs is 14. The molecule has 14 atom stereocenters. The van der Waals surface area contributed by atoms with Crippen LogP contribution in [0.15, 0.2) is 12.2 Å². The Morgan fingerprint density at radius 3 is 1.95 bits per heavy atom. The van der Waals surface area contributed by atoms with Gasteiger partial charge in [-0.3, -0.25) is 0 Å². The van der Waals surface area contributed by atoms with Crippen LogP contribution in [0.4, 0.5) is 0 Å². The molecule has 2 bridgehead atoms. The molecular formula is C21H31N. The summed E-state index contributed by atoms with van der Waals surface area (Å²) in [6.45, 7) is 12.7. The maximum atomic E-state index is 4.24. The minimum Gasteiger partial charge on any atom is -0.308 e. The maximum absolute atomic E-state index is 4.24. The normalized spacial score (nSPS) is 75.8. The number of hydrogen-bond donors (Lipinski definition) is 1. The average molecular weight is 297 g/mol. The Kier molecular flexibility index (Phi) is 2.09. The Hall–Kier alpha value is -0.300. The molecule has 3 saturated carbocycles. The number of nitrogens with one attached hydrogen (secondary N) is 1. The van der Waals surface area contributed by atoms with E-state index in [1.165, 1.54) is 0 Å². The Labute approximate surface area is 135 Å². The zero-order chi connectivity index (χ0) is 15.1. The number of rotatable bonds is 0. The van der Waals surface area contributed by atoms with Crippen LogP contribution in [0.3, 0.4) is 0 Å². The standard InChI is InChI=1S/C21H31N/c1-8-6-7-9(2)13-12(8)16-18(13)21(5)19-15-11(4)10(3)14(15)17(19)20(16)22-21/h6-20,22H,1-5H3/t8?,9?,10-,11+,12-,13+,14+,15-,16+,17-,18-,19+,20+,21?/m0/s1. The minimum atomic E-state index is 0.482. The molecule has 0 amide bonds. The van der Waals surface area contributed by atoms with Crippen molar-refractivity contribution in [1.82, 2.24) is 5.32 Å². The molecule has 1 nitrogen and oxygen atoms in total. The van der Waals surface area contributed by atoms with Crippen LogP contribution < -0.4 is 5.32 Å². The third kappa shape index (κ3) is 1.03. The molecule has 4 aliphatic carbocycles. The van der Waals surface area contributed by atoms with Gasteiger partial charge in [0.1, 0.15) is 0 Å². The topological polar surface area (TPSA) is 12.0 Å². The summed E-state index contributed by atoms with van der Waals surface area (Å²) in [4.78, 5) is 0. The van der Waals surface area contributed by atoms with E-state index in [2.05, 4.69) is 52.1 Å². The zero-order valence-electron chi connectivity index (χ0n) is 14.7. The van der Waals surface area contributed by atoms with Crippen LogP contribution >= 0.6 is 0 Å². The van der Waals surface area contributed by atoms with Gasteiger partial charge in [0.2, 0.25) is 0 Å². The first-order valence-corrected chi connectivity index (χ1v) is 9.93. The van der Waals surface area contributed by atoms with Gasteiger partial charge in [0, 0.05) is 11.6 Å². The van der Waals surface area contributed by atoms with Crippen LogP contribution in [0.1, 0.15) is 34.6 Å². The van der Waals surface area contributed by atoms with E-state index in [-0.39, 0.29) is 0 Å². The van der Waals surface area contributed by atoms with Crippen LogP contribution in [0.5, 0.6) is 0 Å². The third-order valence-corrected chi connectivity index (χ3v) is 10.1. The molecule has 0 aromatic carbocycles. The molecule has 6 aliphatic rings. The summed E-state index contributed by atoms with van der Waals surface area (Å²) >= 11 is 0. The van der Waals surface area contributed by atoms with Gasteiger partial charge in [0.05, 0.1) is 0 Å². The van der Waals surface area contributed by atoms with E-state index in [0.29, 0.717) is 5.54 Å². The van der Waals surface area contributed by atoms with Gasteiger partial charge in [-0.1, -0.05) is 39.8 Å². The minimum absolute atomic E-state index is 0.482. The zero-order valence-corrected chi connectivity index (χ0v) is 14.7. The first-order chi connectivity index (χ1) is 10.5. The van der Waals surface area contributed by atoms with Crippen LogP contribution in [0.25, 0.3) is 0 Å². The fourth-order valence-corrected chi connectivity index (χ4v) is 9.36. The lowest BCUT2D eigenvalue weighted by molar-refractivity contribution is -0.255. The molecule has 22 heavy (non-hydrogen) atoms. The molecule has 2 aliphatic heterocycles. The highest BCUT2D eigenvalue weighted by Crippen LogP contribution is 2.79. The first kappa shape index (κ1) is 13.0. The molecule has 2 heterocycles. The van der Waals surface area contributed by atoms with Gasteiger partial charge in [-0.25, -0.2) is 0 Å². The Bertz CT molecular complexity index is 580. The van der Waals surface area contributed by atoms with Gasteiger partial charge in [-0.2, -0.15) is 0 Å². The monoisotopic (exact) mass is 297 g/mol. The molecule has 0 aromatic rings. The summed E-state index contributed by atoms with van der Waals surface area (Å²) in [6, 6.07) is 0.874. The summed E-state index contributed by atoms with van der Waals surface area (Å²) < 4.78 is 0. The van der Waals surface area contributed by atoms with Crippen LogP contribution in [-0.4, -0.2) is 11.6 Å². The quantitative estimate of drug-likeness (QED) is 0.529. The second-order valence-electron chi connectivity index (χ2n) is 10.3. The van der Waals surface area contributed by atoms with Crippen molar-refractivity contribution in [2.75, 3.05) is 0 Å². The van der Waals surface area contributed by atoms with E-state index in [1.54, 1.807) is 0 Å². The highest BCUT2D eigenvalue weighted by atomic mass is 15.2. The van der Waals surface area contributed by atoms with E-state index in [4.69, 9.17) is 0 Å². The molecule has 2 saturated heterocycles. The molecule has 120 valence electrons. The van der Waals surface area contributed by atoms with Crippen LogP contribution in [-0.2, 0) is 0 Å². The fraction of sp³-hybridized carbons (Fsp3) is 0.905. The number of allylic oxidation sites excluding steroid dienone is 2. The molecular weight excluding hydrogens is 266 g/mol. The van der Waals surface area contributed by atoms with Crippen molar-refractivity contribution in [3.05, 3.63) is 12.2 Å². The highest BCUT2D eigenvalue weighted by molar-refractivity contribution is 5.35. The molecule has 1 heteroatoms. The molecule has 5 fully saturated rings. The van der Waals surface area contributed by atoms with Crippen molar-refractivity contribution < 1.29 is 0 Å². The van der Waals surface area contributed by atoms with Gasteiger partial charge < -0.3 is 5.32 Å². The van der Waals surface area contributed by atoms with E-state index in [1.807, 2.05) is 0 Å². The van der Waals surface area contributed by atoms with Crippen molar-refractivity contribution in [3.63, 3.8) is 0 Å². The van der Waals surface area contributed by atoms with Gasteiger partial charge in [-0.15, -0.1) is 0 Å². The summed E-state index contributed by atoms with van der Waals surface area (Å²) in [5.41, 5.74) is 0.482. The highest BCUT2D eigenvalue weighted by Gasteiger charge is 2.82. The van der Waals surface area contributed by atoms with Crippen molar-refractivity contribution >= 4 is 0 Å². The Balaban J connectivity index is 1.41. The lowest BCUT2D eigenvalue weighted by Crippen LogP contribution is -2.75. The molecule has 0 aromatic heterocycles. The van der Waals surface area contributed by atoms with Crippen molar-refractivity contribution in [2.24, 2.45) is 71.0 Å². The van der Waals surface area contributed by atoms with E-state index < -0.39 is 0 Å². The van der Waals surface area contributed by atoms with E-state index in [0.717, 1.165) is 77.1 Å². The Morgan fingerprint density at radius 1 is 0.682 bits per heavy atom. The first-order valence-electron chi connectivity index (χ1n) is 9.93. The smallest absolute Gasteiger partial charge is 0.0224 e. The van der Waals surface area contributed by atoms with Crippen molar-refractivity contribution in [2.45, 2.75) is 46.2 Å². The molecule has 6 rings (SSSR count). The van der Waals surface area contributed by atoms with E-state index in [9.17, 15) is 0 Å². The van der Waals surface area contributed by atoms with Gasteiger partial charge in [-0.05, 0) is 77.9 Å². The third-order valence-electron chi connectivity index (χ3n) is 10.1. The molecule has 0 radical (unpaired) electrons.